The molecule has 0 fully saturated rings. The second-order valence-corrected chi connectivity index (χ2v) is 15.6. The molecule has 57 heavy (non-hydrogen) atoms. The molecule has 278 valence electrons. The van der Waals surface area contributed by atoms with Gasteiger partial charge < -0.3 is 4.57 Å². The zero-order chi connectivity index (χ0) is 38.7. The molecule has 0 spiro atoms. The van der Waals surface area contributed by atoms with Crippen LogP contribution in [0.2, 0.25) is 0 Å². The van der Waals surface area contributed by atoms with Crippen molar-refractivity contribution in [2.75, 3.05) is 0 Å². The van der Waals surface area contributed by atoms with E-state index < -0.39 is 0 Å². The number of hydrogen-bond donors (Lipinski definition) is 0. The number of ketones is 2. The Morgan fingerprint density at radius 3 is 1.21 bits per heavy atom. The molecule has 0 atom stereocenters. The summed E-state index contributed by atoms with van der Waals surface area (Å²) in [5.74, 6) is 13.8. The second kappa shape index (κ2) is 16.0. The highest BCUT2D eigenvalue weighted by molar-refractivity contribution is 6.22. The first-order valence-electron chi connectivity index (χ1n) is 20.7. The van der Waals surface area contributed by atoms with E-state index in [0.717, 1.165) is 79.7 Å². The standard InChI is InChI=1S/C54H45NO2/c1-2-3-4-5-6-7-8-9-10-15-32-55-51-30-26-39(22-20-37-24-28-45-47(33-37)41-16-11-13-18-43(41)53(45)56)35-49(51)50-36-40(27-31-52(50)55)23-21-38-25-29-46-48(34-38)42-17-12-14-19-44(42)54(46)57/h11-14,16-19,24-31,33-36H,2-10,15,32H2,1H3. The maximum atomic E-state index is 12.9. The van der Waals surface area contributed by atoms with Crippen LogP contribution >= 0.6 is 0 Å². The fourth-order valence-corrected chi connectivity index (χ4v) is 8.75. The van der Waals surface area contributed by atoms with Crippen molar-refractivity contribution >= 4 is 33.4 Å². The van der Waals surface area contributed by atoms with Crippen LogP contribution in [0.15, 0.2) is 121 Å². The quantitative estimate of drug-likeness (QED) is 0.0979. The summed E-state index contributed by atoms with van der Waals surface area (Å²) in [4.78, 5) is 25.9. The summed E-state index contributed by atoms with van der Waals surface area (Å²) in [5.41, 5.74) is 13.0. The molecule has 2 aliphatic rings. The molecule has 6 aromatic carbocycles. The number of rotatable bonds is 11. The van der Waals surface area contributed by atoms with Gasteiger partial charge in [-0.3, -0.25) is 9.59 Å². The molecule has 9 rings (SSSR count). The molecule has 0 saturated carbocycles. The molecule has 0 saturated heterocycles. The lowest BCUT2D eigenvalue weighted by Gasteiger charge is -2.08. The SMILES string of the molecule is CCCCCCCCCCCCn1c2ccc(C#Cc3ccc4c(c3)-c3ccccc3C4=O)cc2c2cc(C#Cc3ccc4c(c3)-c3ccccc3C4=O)ccc21. The van der Waals surface area contributed by atoms with E-state index in [9.17, 15) is 9.59 Å². The van der Waals surface area contributed by atoms with Gasteiger partial charge in [0.1, 0.15) is 0 Å². The Hall–Kier alpha value is -6.42. The number of aryl methyl sites for hydroxylation is 1. The first-order chi connectivity index (χ1) is 28.1. The van der Waals surface area contributed by atoms with Crippen LogP contribution in [0.1, 0.15) is 125 Å². The van der Waals surface area contributed by atoms with Crippen LogP contribution in [0.4, 0.5) is 0 Å². The van der Waals surface area contributed by atoms with Gasteiger partial charge in [-0.25, -0.2) is 0 Å². The maximum Gasteiger partial charge on any atom is 0.194 e. The van der Waals surface area contributed by atoms with Gasteiger partial charge in [-0.15, -0.1) is 0 Å². The third kappa shape index (κ3) is 7.12. The van der Waals surface area contributed by atoms with Crippen molar-refractivity contribution in [2.45, 2.75) is 77.7 Å². The van der Waals surface area contributed by atoms with Crippen LogP contribution in [0.5, 0.6) is 0 Å². The molecule has 0 aliphatic heterocycles. The fourth-order valence-electron chi connectivity index (χ4n) is 8.75. The van der Waals surface area contributed by atoms with Crippen molar-refractivity contribution in [1.29, 1.82) is 0 Å². The fraction of sp³-hybridized carbons (Fsp3) is 0.222. The van der Waals surface area contributed by atoms with E-state index in [4.69, 9.17) is 0 Å². The van der Waals surface area contributed by atoms with Crippen molar-refractivity contribution in [1.82, 2.24) is 4.57 Å². The van der Waals surface area contributed by atoms with Crippen molar-refractivity contribution in [3.8, 4) is 45.9 Å². The highest BCUT2D eigenvalue weighted by atomic mass is 16.1. The smallest absolute Gasteiger partial charge is 0.194 e. The first-order valence-corrected chi connectivity index (χ1v) is 20.7. The molecular formula is C54H45NO2. The first kappa shape index (κ1) is 36.2. The number of carbonyl (C=O) groups is 2. The van der Waals surface area contributed by atoms with Gasteiger partial charge >= 0.3 is 0 Å². The molecule has 3 nitrogen and oxygen atoms in total. The Labute approximate surface area is 335 Å². The summed E-state index contributed by atoms with van der Waals surface area (Å²) in [6, 6.07) is 40.6. The van der Waals surface area contributed by atoms with E-state index in [-0.39, 0.29) is 11.6 Å². The average Bonchev–Trinajstić information content (AvgIpc) is 3.83. The van der Waals surface area contributed by atoms with Gasteiger partial charge in [-0.1, -0.05) is 137 Å². The molecule has 0 bridgehead atoms. The Morgan fingerprint density at radius 2 is 0.754 bits per heavy atom. The predicted octanol–water partition coefficient (Wildman–Crippen LogP) is 12.9. The topological polar surface area (TPSA) is 39.1 Å². The van der Waals surface area contributed by atoms with E-state index in [1.807, 2.05) is 84.9 Å². The van der Waals surface area contributed by atoms with E-state index in [0.29, 0.717) is 0 Å². The number of aromatic nitrogens is 1. The Balaban J connectivity index is 1.01. The summed E-state index contributed by atoms with van der Waals surface area (Å²) < 4.78 is 2.48. The van der Waals surface area contributed by atoms with Gasteiger partial charge in [0, 0.05) is 72.9 Å². The van der Waals surface area contributed by atoms with Crippen LogP contribution in [0.3, 0.4) is 0 Å². The number of benzene rings is 6. The summed E-state index contributed by atoms with van der Waals surface area (Å²) in [6.45, 7) is 3.25. The van der Waals surface area contributed by atoms with Gasteiger partial charge in [0.05, 0.1) is 0 Å². The number of hydrogen-bond acceptors (Lipinski definition) is 2. The predicted molar refractivity (Wildman–Crippen MR) is 234 cm³/mol. The van der Waals surface area contributed by atoms with E-state index in [1.54, 1.807) is 0 Å². The largest absolute Gasteiger partial charge is 0.340 e. The monoisotopic (exact) mass is 739 g/mol. The van der Waals surface area contributed by atoms with E-state index in [2.05, 4.69) is 71.6 Å². The number of carbonyl (C=O) groups excluding carboxylic acids is 2. The van der Waals surface area contributed by atoms with Gasteiger partial charge in [0.15, 0.2) is 11.6 Å². The van der Waals surface area contributed by atoms with Crippen LogP contribution < -0.4 is 0 Å². The minimum absolute atomic E-state index is 0.0818. The summed E-state index contributed by atoms with van der Waals surface area (Å²) in [7, 11) is 0. The zero-order valence-electron chi connectivity index (χ0n) is 32.6. The number of nitrogens with zero attached hydrogens (tertiary/aromatic N) is 1. The highest BCUT2D eigenvalue weighted by Crippen LogP contribution is 2.38. The van der Waals surface area contributed by atoms with Crippen molar-refractivity contribution in [3.05, 3.63) is 166 Å². The normalized spacial score (nSPS) is 12.2. The van der Waals surface area contributed by atoms with Gasteiger partial charge in [-0.2, -0.15) is 0 Å². The Morgan fingerprint density at radius 1 is 0.386 bits per heavy atom. The van der Waals surface area contributed by atoms with E-state index in [1.165, 1.54) is 79.6 Å². The molecule has 1 aromatic heterocycles. The summed E-state index contributed by atoms with van der Waals surface area (Å²) in [6.07, 6.45) is 13.1. The third-order valence-electron chi connectivity index (χ3n) is 11.8. The molecule has 7 aromatic rings. The number of unbranched alkanes of at least 4 members (excludes halogenated alkanes) is 9. The van der Waals surface area contributed by atoms with Crippen molar-refractivity contribution < 1.29 is 9.59 Å². The highest BCUT2D eigenvalue weighted by Gasteiger charge is 2.27. The van der Waals surface area contributed by atoms with Crippen LogP contribution in [0, 0.1) is 23.7 Å². The number of fused-ring (bicyclic) bond motifs is 9. The summed E-state index contributed by atoms with van der Waals surface area (Å²) >= 11 is 0. The lowest BCUT2D eigenvalue weighted by Crippen LogP contribution is -1.98. The van der Waals surface area contributed by atoms with Crippen LogP contribution in [0.25, 0.3) is 44.1 Å². The van der Waals surface area contributed by atoms with Gasteiger partial charge in [0.25, 0.3) is 0 Å². The van der Waals surface area contributed by atoms with E-state index >= 15 is 0 Å². The zero-order valence-corrected chi connectivity index (χ0v) is 32.6. The van der Waals surface area contributed by atoms with Gasteiger partial charge in [-0.05, 0) is 101 Å². The van der Waals surface area contributed by atoms with Crippen LogP contribution in [-0.4, -0.2) is 16.1 Å². The third-order valence-corrected chi connectivity index (χ3v) is 11.8. The van der Waals surface area contributed by atoms with Gasteiger partial charge in [0.2, 0.25) is 0 Å². The maximum absolute atomic E-state index is 12.9. The average molecular weight is 740 g/mol. The Kier molecular flexibility index (Phi) is 10.2. The molecule has 1 heterocycles. The minimum Gasteiger partial charge on any atom is -0.340 e. The lowest BCUT2D eigenvalue weighted by molar-refractivity contribution is 0.103. The molecular weight excluding hydrogens is 695 g/mol. The summed E-state index contributed by atoms with van der Waals surface area (Å²) in [5, 5.41) is 2.35. The molecule has 3 heteroatoms. The Bertz CT molecular complexity index is 2660. The van der Waals surface area contributed by atoms with Crippen LogP contribution in [-0.2, 0) is 6.54 Å². The molecule has 2 aliphatic carbocycles. The van der Waals surface area contributed by atoms with Crippen molar-refractivity contribution in [2.24, 2.45) is 0 Å². The second-order valence-electron chi connectivity index (χ2n) is 15.6. The molecule has 0 amide bonds. The minimum atomic E-state index is 0.0818. The molecule has 0 radical (unpaired) electrons. The van der Waals surface area contributed by atoms with Crippen molar-refractivity contribution in [3.63, 3.8) is 0 Å². The molecule has 0 unspecified atom stereocenters. The molecule has 0 N–H and O–H groups in total. The lowest BCUT2D eigenvalue weighted by atomic mass is 10.0.